The van der Waals surface area contributed by atoms with Crippen molar-refractivity contribution in [3.05, 3.63) is 29.3 Å². The standard InChI is InChI=1S/C13H20N2S/c1-4-11(5-2)15-12-7-6-10(13(14)16)8-9(12)3/h6-8,11,15H,4-5H2,1-3H3,(H2,14,16). The molecule has 0 fully saturated rings. The van der Waals surface area contributed by atoms with Crippen molar-refractivity contribution in [2.75, 3.05) is 5.32 Å². The Kier molecular flexibility index (Phi) is 4.74. The lowest BCUT2D eigenvalue weighted by Gasteiger charge is -2.18. The molecule has 0 aliphatic heterocycles. The summed E-state index contributed by atoms with van der Waals surface area (Å²) >= 11 is 4.96. The maximum atomic E-state index is 5.60. The molecule has 0 radical (unpaired) electrons. The molecule has 0 saturated carbocycles. The van der Waals surface area contributed by atoms with E-state index in [9.17, 15) is 0 Å². The van der Waals surface area contributed by atoms with E-state index in [1.165, 1.54) is 11.3 Å². The topological polar surface area (TPSA) is 38.0 Å². The third-order valence-electron chi connectivity index (χ3n) is 2.86. The third kappa shape index (κ3) is 3.20. The molecule has 0 atom stereocenters. The van der Waals surface area contributed by atoms with E-state index in [-0.39, 0.29) is 0 Å². The second-order valence-corrected chi connectivity index (χ2v) is 4.49. The first-order valence-corrected chi connectivity index (χ1v) is 6.16. The van der Waals surface area contributed by atoms with Crippen LogP contribution in [0.25, 0.3) is 0 Å². The minimum Gasteiger partial charge on any atom is -0.389 e. The Hall–Kier alpha value is -1.09. The summed E-state index contributed by atoms with van der Waals surface area (Å²) in [6.45, 7) is 6.46. The molecule has 2 nitrogen and oxygen atoms in total. The van der Waals surface area contributed by atoms with Crippen LogP contribution in [0.1, 0.15) is 37.8 Å². The van der Waals surface area contributed by atoms with Crippen LogP contribution < -0.4 is 11.1 Å². The van der Waals surface area contributed by atoms with E-state index in [4.69, 9.17) is 18.0 Å². The maximum absolute atomic E-state index is 5.60. The van der Waals surface area contributed by atoms with Gasteiger partial charge in [-0.05, 0) is 43.5 Å². The van der Waals surface area contributed by atoms with Crippen molar-refractivity contribution in [1.82, 2.24) is 0 Å². The highest BCUT2D eigenvalue weighted by Crippen LogP contribution is 2.19. The van der Waals surface area contributed by atoms with Crippen LogP contribution in [0.3, 0.4) is 0 Å². The van der Waals surface area contributed by atoms with Crippen molar-refractivity contribution in [1.29, 1.82) is 0 Å². The number of hydrogen-bond donors (Lipinski definition) is 2. The van der Waals surface area contributed by atoms with Crippen LogP contribution in [0.15, 0.2) is 18.2 Å². The first-order chi connectivity index (χ1) is 7.58. The Morgan fingerprint density at radius 2 is 2.00 bits per heavy atom. The first kappa shape index (κ1) is 13.0. The fourth-order valence-corrected chi connectivity index (χ4v) is 1.82. The molecule has 0 aliphatic rings. The molecule has 1 aromatic carbocycles. The molecule has 88 valence electrons. The largest absolute Gasteiger partial charge is 0.389 e. The van der Waals surface area contributed by atoms with E-state index in [2.05, 4.69) is 32.2 Å². The lowest BCUT2D eigenvalue weighted by molar-refractivity contribution is 0.671. The van der Waals surface area contributed by atoms with Crippen LogP contribution in [0.4, 0.5) is 5.69 Å². The number of benzene rings is 1. The Bertz CT molecular complexity index is 370. The van der Waals surface area contributed by atoms with Gasteiger partial charge in [0.25, 0.3) is 0 Å². The molecular formula is C13H20N2S. The molecule has 0 amide bonds. The van der Waals surface area contributed by atoms with Gasteiger partial charge < -0.3 is 11.1 Å². The van der Waals surface area contributed by atoms with E-state index in [0.717, 1.165) is 18.4 Å². The summed E-state index contributed by atoms with van der Waals surface area (Å²) in [5.41, 5.74) is 8.90. The van der Waals surface area contributed by atoms with E-state index in [1.54, 1.807) is 0 Å². The Morgan fingerprint density at radius 1 is 1.38 bits per heavy atom. The average molecular weight is 236 g/mol. The number of nitrogens with one attached hydrogen (secondary N) is 1. The molecule has 3 heteroatoms. The Balaban J connectivity index is 2.86. The van der Waals surface area contributed by atoms with Gasteiger partial charge in [0, 0.05) is 17.3 Å². The smallest absolute Gasteiger partial charge is 0.103 e. The molecule has 0 aliphatic carbocycles. The summed E-state index contributed by atoms with van der Waals surface area (Å²) in [4.78, 5) is 0.456. The van der Waals surface area contributed by atoms with Gasteiger partial charge in [0.2, 0.25) is 0 Å². The van der Waals surface area contributed by atoms with Crippen LogP contribution in [0, 0.1) is 6.92 Å². The van der Waals surface area contributed by atoms with Crippen molar-refractivity contribution >= 4 is 22.9 Å². The number of aryl methyl sites for hydroxylation is 1. The zero-order valence-corrected chi connectivity index (χ0v) is 11.0. The maximum Gasteiger partial charge on any atom is 0.103 e. The quantitative estimate of drug-likeness (QED) is 0.771. The van der Waals surface area contributed by atoms with E-state index >= 15 is 0 Å². The van der Waals surface area contributed by atoms with E-state index < -0.39 is 0 Å². The van der Waals surface area contributed by atoms with Crippen molar-refractivity contribution in [2.24, 2.45) is 5.73 Å². The van der Waals surface area contributed by atoms with Crippen LogP contribution >= 0.6 is 12.2 Å². The SMILES string of the molecule is CCC(CC)Nc1ccc(C(N)=S)cc1C. The van der Waals surface area contributed by atoms with Gasteiger partial charge in [0.15, 0.2) is 0 Å². The van der Waals surface area contributed by atoms with Crippen LogP contribution in [-0.2, 0) is 0 Å². The van der Waals surface area contributed by atoms with Gasteiger partial charge in [-0.1, -0.05) is 26.1 Å². The number of thiocarbonyl (C=S) groups is 1. The molecule has 3 N–H and O–H groups in total. The van der Waals surface area contributed by atoms with Crippen molar-refractivity contribution < 1.29 is 0 Å². The molecule has 1 rings (SSSR count). The first-order valence-electron chi connectivity index (χ1n) is 5.75. The molecule has 1 aromatic rings. The van der Waals surface area contributed by atoms with E-state index in [0.29, 0.717) is 11.0 Å². The summed E-state index contributed by atoms with van der Waals surface area (Å²) in [6, 6.07) is 6.60. The molecule has 0 unspecified atom stereocenters. The molecule has 0 heterocycles. The van der Waals surface area contributed by atoms with Gasteiger partial charge in [0.1, 0.15) is 4.99 Å². The molecule has 16 heavy (non-hydrogen) atoms. The molecular weight excluding hydrogens is 216 g/mol. The lowest BCUT2D eigenvalue weighted by atomic mass is 10.1. The van der Waals surface area contributed by atoms with Crippen LogP contribution in [0.2, 0.25) is 0 Å². The second-order valence-electron chi connectivity index (χ2n) is 4.05. The van der Waals surface area contributed by atoms with Crippen LogP contribution in [-0.4, -0.2) is 11.0 Å². The Labute approximate surface area is 103 Å². The highest BCUT2D eigenvalue weighted by molar-refractivity contribution is 7.80. The molecule has 0 saturated heterocycles. The van der Waals surface area contributed by atoms with Crippen molar-refractivity contribution in [3.8, 4) is 0 Å². The van der Waals surface area contributed by atoms with Gasteiger partial charge in [-0.3, -0.25) is 0 Å². The van der Waals surface area contributed by atoms with Gasteiger partial charge in [-0.15, -0.1) is 0 Å². The summed E-state index contributed by atoms with van der Waals surface area (Å²) in [5, 5.41) is 3.53. The number of hydrogen-bond acceptors (Lipinski definition) is 2. The lowest BCUT2D eigenvalue weighted by Crippen LogP contribution is -2.18. The van der Waals surface area contributed by atoms with E-state index in [1.807, 2.05) is 12.1 Å². The predicted molar refractivity (Wildman–Crippen MR) is 75.1 cm³/mol. The normalized spacial score (nSPS) is 10.5. The fourth-order valence-electron chi connectivity index (χ4n) is 1.69. The summed E-state index contributed by atoms with van der Waals surface area (Å²) in [7, 11) is 0. The molecule has 0 spiro atoms. The number of anilines is 1. The van der Waals surface area contributed by atoms with Gasteiger partial charge in [-0.2, -0.15) is 0 Å². The third-order valence-corrected chi connectivity index (χ3v) is 3.09. The second kappa shape index (κ2) is 5.85. The predicted octanol–water partition coefficient (Wildman–Crippen LogP) is 3.23. The monoisotopic (exact) mass is 236 g/mol. The highest BCUT2D eigenvalue weighted by atomic mass is 32.1. The van der Waals surface area contributed by atoms with Crippen LogP contribution in [0.5, 0.6) is 0 Å². The van der Waals surface area contributed by atoms with Gasteiger partial charge in [0.05, 0.1) is 0 Å². The molecule has 0 aromatic heterocycles. The summed E-state index contributed by atoms with van der Waals surface area (Å²) in [6.07, 6.45) is 2.26. The fraction of sp³-hybridized carbons (Fsp3) is 0.462. The zero-order valence-electron chi connectivity index (χ0n) is 10.2. The van der Waals surface area contributed by atoms with Crippen molar-refractivity contribution in [2.45, 2.75) is 39.7 Å². The minimum absolute atomic E-state index is 0.456. The van der Waals surface area contributed by atoms with Crippen molar-refractivity contribution in [3.63, 3.8) is 0 Å². The zero-order chi connectivity index (χ0) is 12.1. The summed E-state index contributed by atoms with van der Waals surface area (Å²) in [5.74, 6) is 0. The minimum atomic E-state index is 0.456. The van der Waals surface area contributed by atoms with Gasteiger partial charge >= 0.3 is 0 Å². The average Bonchev–Trinajstić information content (AvgIpc) is 2.27. The highest BCUT2D eigenvalue weighted by Gasteiger charge is 2.06. The Morgan fingerprint density at radius 3 is 2.44 bits per heavy atom. The number of nitrogens with two attached hydrogens (primary N) is 1. The number of rotatable bonds is 5. The van der Waals surface area contributed by atoms with Gasteiger partial charge in [-0.25, -0.2) is 0 Å². The summed E-state index contributed by atoms with van der Waals surface area (Å²) < 4.78 is 0. The molecule has 0 bridgehead atoms.